The quantitative estimate of drug-likeness (QED) is 0.753. The first-order valence-corrected chi connectivity index (χ1v) is 6.64. The lowest BCUT2D eigenvalue weighted by Gasteiger charge is -2.27. The lowest BCUT2D eigenvalue weighted by Crippen LogP contribution is -2.43. The molecule has 0 aromatic carbocycles. The number of hydrogen-bond donors (Lipinski definition) is 2. The van der Waals surface area contributed by atoms with Crippen molar-refractivity contribution in [2.24, 2.45) is 5.92 Å². The summed E-state index contributed by atoms with van der Waals surface area (Å²) in [6, 6.07) is 0.847. The van der Waals surface area contributed by atoms with Crippen LogP contribution in [-0.4, -0.2) is 24.5 Å². The summed E-state index contributed by atoms with van der Waals surface area (Å²) < 4.78 is 0. The third-order valence-corrected chi connectivity index (χ3v) is 3.59. The number of rotatable bonds is 5. The van der Waals surface area contributed by atoms with Gasteiger partial charge in [0.15, 0.2) is 0 Å². The van der Waals surface area contributed by atoms with E-state index >= 15 is 0 Å². The minimum atomic E-state index is 0.132. The topological polar surface area (TPSA) is 41.1 Å². The molecular weight excluding hydrogens is 200 g/mol. The molecule has 1 fully saturated rings. The van der Waals surface area contributed by atoms with Crippen LogP contribution in [0.4, 0.5) is 0 Å². The van der Waals surface area contributed by atoms with Gasteiger partial charge in [-0.15, -0.1) is 0 Å². The Labute approximate surface area is 99.4 Å². The fraction of sp³-hybridized carbons (Fsp3) is 0.923. The largest absolute Gasteiger partial charge is 0.353 e. The van der Waals surface area contributed by atoms with Crippen LogP contribution >= 0.6 is 0 Å². The van der Waals surface area contributed by atoms with Gasteiger partial charge in [0.2, 0.25) is 5.91 Å². The second-order valence-electron chi connectivity index (χ2n) is 5.21. The summed E-state index contributed by atoms with van der Waals surface area (Å²) in [4.78, 5) is 11.5. The molecule has 0 aromatic rings. The Morgan fingerprint density at radius 3 is 2.50 bits per heavy atom. The average molecular weight is 226 g/mol. The predicted octanol–water partition coefficient (Wildman–Crippen LogP) is 2.07. The maximum atomic E-state index is 11.5. The van der Waals surface area contributed by atoms with Crippen LogP contribution in [0, 0.1) is 5.92 Å². The Kier molecular flexibility index (Phi) is 5.81. The maximum Gasteiger partial charge on any atom is 0.234 e. The summed E-state index contributed by atoms with van der Waals surface area (Å²) in [5.74, 6) is 1.000. The number of carbonyl (C=O) groups excluding carboxylic acids is 1. The number of nitrogens with one attached hydrogen (secondary N) is 2. The molecule has 2 N–H and O–H groups in total. The van der Waals surface area contributed by atoms with Crippen LogP contribution in [0.3, 0.4) is 0 Å². The van der Waals surface area contributed by atoms with Gasteiger partial charge >= 0.3 is 0 Å². The third kappa shape index (κ3) is 4.97. The second-order valence-corrected chi connectivity index (χ2v) is 5.21. The maximum absolute atomic E-state index is 11.5. The highest BCUT2D eigenvalue weighted by atomic mass is 16.1. The molecule has 0 saturated heterocycles. The van der Waals surface area contributed by atoms with Crippen molar-refractivity contribution in [2.45, 2.75) is 65.0 Å². The molecule has 0 bridgehead atoms. The fourth-order valence-electron chi connectivity index (χ4n) is 2.13. The minimum absolute atomic E-state index is 0.132. The molecule has 0 heterocycles. The monoisotopic (exact) mass is 226 g/mol. The molecular formula is C13H26N2O. The highest BCUT2D eigenvalue weighted by Gasteiger charge is 2.18. The Bertz CT molecular complexity index is 210. The van der Waals surface area contributed by atoms with Gasteiger partial charge in [0, 0.05) is 12.1 Å². The summed E-state index contributed by atoms with van der Waals surface area (Å²) in [6.45, 7) is 6.91. The van der Waals surface area contributed by atoms with Crippen LogP contribution in [0.25, 0.3) is 0 Å². The van der Waals surface area contributed by atoms with Gasteiger partial charge in [0.1, 0.15) is 0 Å². The van der Waals surface area contributed by atoms with Crippen molar-refractivity contribution in [3.8, 4) is 0 Å². The molecule has 0 aromatic heterocycles. The van der Waals surface area contributed by atoms with E-state index in [0.717, 1.165) is 12.3 Å². The molecule has 1 aliphatic carbocycles. The summed E-state index contributed by atoms with van der Waals surface area (Å²) >= 11 is 0. The first kappa shape index (κ1) is 13.5. The van der Waals surface area contributed by atoms with Crippen LogP contribution < -0.4 is 10.6 Å². The fourth-order valence-corrected chi connectivity index (χ4v) is 2.13. The molecule has 0 radical (unpaired) electrons. The van der Waals surface area contributed by atoms with E-state index in [-0.39, 0.29) is 5.91 Å². The van der Waals surface area contributed by atoms with E-state index in [1.807, 2.05) is 6.92 Å². The van der Waals surface area contributed by atoms with Gasteiger partial charge in [-0.3, -0.25) is 4.79 Å². The smallest absolute Gasteiger partial charge is 0.234 e. The lowest BCUT2D eigenvalue weighted by atomic mass is 9.87. The Morgan fingerprint density at radius 2 is 1.94 bits per heavy atom. The molecule has 94 valence electrons. The summed E-state index contributed by atoms with van der Waals surface area (Å²) in [5, 5.41) is 6.34. The zero-order valence-corrected chi connectivity index (χ0v) is 10.9. The summed E-state index contributed by atoms with van der Waals surface area (Å²) in [6.07, 6.45) is 6.03. The van der Waals surface area contributed by atoms with Gasteiger partial charge < -0.3 is 10.6 Å². The first-order chi connectivity index (χ1) is 7.61. The van der Waals surface area contributed by atoms with E-state index in [9.17, 15) is 4.79 Å². The standard InChI is InChI=1S/C13H26N2O/c1-4-11(3)15-13(16)9-14-12-7-5-10(2)6-8-12/h10-12,14H,4-9H2,1-3H3,(H,15,16). The van der Waals surface area contributed by atoms with E-state index in [4.69, 9.17) is 0 Å². The molecule has 16 heavy (non-hydrogen) atoms. The molecule has 3 nitrogen and oxygen atoms in total. The van der Waals surface area contributed by atoms with E-state index in [1.165, 1.54) is 25.7 Å². The van der Waals surface area contributed by atoms with Gasteiger partial charge in [0.25, 0.3) is 0 Å². The Balaban J connectivity index is 2.12. The van der Waals surface area contributed by atoms with Crippen LogP contribution in [0.15, 0.2) is 0 Å². The van der Waals surface area contributed by atoms with Crippen molar-refractivity contribution in [1.29, 1.82) is 0 Å². The number of carbonyl (C=O) groups is 1. The van der Waals surface area contributed by atoms with Crippen molar-refractivity contribution in [3.63, 3.8) is 0 Å². The van der Waals surface area contributed by atoms with Crippen LogP contribution in [0.5, 0.6) is 0 Å². The molecule has 1 saturated carbocycles. The number of hydrogen-bond acceptors (Lipinski definition) is 2. The molecule has 1 atom stereocenters. The van der Waals surface area contributed by atoms with E-state index in [1.54, 1.807) is 0 Å². The zero-order valence-electron chi connectivity index (χ0n) is 10.9. The molecule has 1 rings (SSSR count). The van der Waals surface area contributed by atoms with Crippen molar-refractivity contribution < 1.29 is 4.79 Å². The molecule has 1 aliphatic rings. The van der Waals surface area contributed by atoms with Crippen molar-refractivity contribution in [3.05, 3.63) is 0 Å². The zero-order chi connectivity index (χ0) is 12.0. The molecule has 0 spiro atoms. The third-order valence-electron chi connectivity index (χ3n) is 3.59. The average Bonchev–Trinajstić information content (AvgIpc) is 2.28. The first-order valence-electron chi connectivity index (χ1n) is 6.64. The molecule has 1 unspecified atom stereocenters. The SMILES string of the molecule is CCC(C)NC(=O)CNC1CCC(C)CC1. The van der Waals surface area contributed by atoms with Crippen molar-refractivity contribution in [1.82, 2.24) is 10.6 Å². The number of amides is 1. The molecule has 3 heteroatoms. The van der Waals surface area contributed by atoms with Gasteiger partial charge in [-0.25, -0.2) is 0 Å². The van der Waals surface area contributed by atoms with Gasteiger partial charge in [-0.2, -0.15) is 0 Å². The molecule has 1 amide bonds. The molecule has 0 aliphatic heterocycles. The minimum Gasteiger partial charge on any atom is -0.353 e. The van der Waals surface area contributed by atoms with Gasteiger partial charge in [0.05, 0.1) is 6.54 Å². The summed E-state index contributed by atoms with van der Waals surface area (Å²) in [5.41, 5.74) is 0. The van der Waals surface area contributed by atoms with Crippen LogP contribution in [-0.2, 0) is 4.79 Å². The second kappa shape index (κ2) is 6.89. The van der Waals surface area contributed by atoms with Gasteiger partial charge in [-0.1, -0.05) is 13.8 Å². The van der Waals surface area contributed by atoms with Crippen molar-refractivity contribution in [2.75, 3.05) is 6.54 Å². The normalized spacial score (nSPS) is 27.4. The Hall–Kier alpha value is -0.570. The predicted molar refractivity (Wildman–Crippen MR) is 67.3 cm³/mol. The Morgan fingerprint density at radius 1 is 1.31 bits per heavy atom. The highest BCUT2D eigenvalue weighted by molar-refractivity contribution is 5.78. The van der Waals surface area contributed by atoms with Gasteiger partial charge in [-0.05, 0) is 44.9 Å². The van der Waals surface area contributed by atoms with Crippen LogP contribution in [0.2, 0.25) is 0 Å². The van der Waals surface area contributed by atoms with Crippen molar-refractivity contribution >= 4 is 5.91 Å². The lowest BCUT2D eigenvalue weighted by molar-refractivity contribution is -0.121. The van der Waals surface area contributed by atoms with E-state index in [2.05, 4.69) is 24.5 Å². The highest BCUT2D eigenvalue weighted by Crippen LogP contribution is 2.23. The van der Waals surface area contributed by atoms with E-state index < -0.39 is 0 Å². The van der Waals surface area contributed by atoms with Crippen LogP contribution in [0.1, 0.15) is 52.9 Å². The summed E-state index contributed by atoms with van der Waals surface area (Å²) in [7, 11) is 0. The van der Waals surface area contributed by atoms with E-state index in [0.29, 0.717) is 18.6 Å².